The van der Waals surface area contributed by atoms with Crippen LogP contribution in [0.25, 0.3) is 0 Å². The molecule has 0 aliphatic carbocycles. The SMILES string of the molecule is COc1ccc(C(=O)c2ccc(OP(=O)([O-])Oc3cc(OC)cc(OC)c3)cc2OC)cc1.[Na+]. The molecule has 0 bridgehead atoms. The van der Waals surface area contributed by atoms with E-state index in [1.54, 1.807) is 30.3 Å². The fourth-order valence-electron chi connectivity index (χ4n) is 2.92. The van der Waals surface area contributed by atoms with Gasteiger partial charge in [0.05, 0.1) is 34.0 Å². The first-order valence-corrected chi connectivity index (χ1v) is 11.0. The molecule has 3 aromatic rings. The smallest absolute Gasteiger partial charge is 0.736 e. The average Bonchev–Trinajstić information content (AvgIpc) is 2.82. The molecule has 0 N–H and O–H groups in total. The number of methoxy groups -OCH3 is 4. The Morgan fingerprint density at radius 3 is 1.71 bits per heavy atom. The van der Waals surface area contributed by atoms with Crippen LogP contribution < -0.4 is 62.4 Å². The topological polar surface area (TPSA) is 113 Å². The van der Waals surface area contributed by atoms with Gasteiger partial charge in [0.25, 0.3) is 0 Å². The van der Waals surface area contributed by atoms with E-state index in [1.165, 1.54) is 58.8 Å². The largest absolute Gasteiger partial charge is 1.00 e. The summed E-state index contributed by atoms with van der Waals surface area (Å²) in [6.07, 6.45) is 0. The van der Waals surface area contributed by atoms with Gasteiger partial charge in [-0.05, 0) is 36.4 Å². The molecule has 9 nitrogen and oxygen atoms in total. The minimum atomic E-state index is -4.85. The molecule has 3 aromatic carbocycles. The first-order chi connectivity index (χ1) is 15.8. The summed E-state index contributed by atoms with van der Waals surface area (Å²) in [5.41, 5.74) is 0.641. The van der Waals surface area contributed by atoms with E-state index in [4.69, 9.17) is 28.0 Å². The molecule has 0 aliphatic rings. The maximum atomic E-state index is 12.9. The predicted molar refractivity (Wildman–Crippen MR) is 118 cm³/mol. The van der Waals surface area contributed by atoms with Crippen LogP contribution in [0.5, 0.6) is 34.5 Å². The zero-order valence-corrected chi connectivity index (χ0v) is 22.3. The molecule has 1 unspecified atom stereocenters. The second kappa shape index (κ2) is 12.1. The van der Waals surface area contributed by atoms with Crippen LogP contribution in [0.3, 0.4) is 0 Å². The number of hydrogen-bond acceptors (Lipinski definition) is 9. The van der Waals surface area contributed by atoms with Crippen LogP contribution in [-0.2, 0) is 4.57 Å². The maximum Gasteiger partial charge on any atom is 1.00 e. The van der Waals surface area contributed by atoms with Gasteiger partial charge in [-0.3, -0.25) is 4.79 Å². The number of carbonyl (C=O) groups excluding carboxylic acids is 1. The normalized spacial score (nSPS) is 11.9. The van der Waals surface area contributed by atoms with Gasteiger partial charge in [-0.25, -0.2) is 4.57 Å². The third kappa shape index (κ3) is 6.91. The molecule has 0 saturated carbocycles. The summed E-state index contributed by atoms with van der Waals surface area (Å²) in [5.74, 6) is 0.971. The Morgan fingerprint density at radius 2 is 1.18 bits per heavy atom. The van der Waals surface area contributed by atoms with Gasteiger partial charge in [0.1, 0.15) is 34.5 Å². The van der Waals surface area contributed by atoms with Crippen LogP contribution in [0, 0.1) is 0 Å². The Kier molecular flexibility index (Phi) is 9.85. The van der Waals surface area contributed by atoms with Gasteiger partial charge in [-0.15, -0.1) is 0 Å². The quantitative estimate of drug-likeness (QED) is 0.229. The fraction of sp³-hybridized carbons (Fsp3) is 0.174. The van der Waals surface area contributed by atoms with Gasteiger partial charge in [-0.2, -0.15) is 0 Å². The standard InChI is InChI=1S/C23H23O9P.Na/c1-27-16-7-5-15(6-8-16)23(24)21-10-9-17(14-22(21)30-4)31-33(25,26)32-20-12-18(28-2)11-19(13-20)29-3;/h5-14H,1-4H3,(H,25,26);/q;+1/p-1. The van der Waals surface area contributed by atoms with E-state index in [-0.39, 0.29) is 58.2 Å². The summed E-state index contributed by atoms with van der Waals surface area (Å²) in [6.45, 7) is 0. The molecule has 0 aromatic heterocycles. The molecule has 174 valence electrons. The Labute approximate surface area is 219 Å². The predicted octanol–water partition coefficient (Wildman–Crippen LogP) is 0.882. The number of phosphoric ester groups is 1. The van der Waals surface area contributed by atoms with E-state index in [0.29, 0.717) is 22.8 Å². The van der Waals surface area contributed by atoms with Crippen molar-refractivity contribution < 1.29 is 71.8 Å². The molecule has 1 atom stereocenters. The van der Waals surface area contributed by atoms with Gasteiger partial charge >= 0.3 is 37.4 Å². The third-order valence-corrected chi connectivity index (χ3v) is 5.40. The van der Waals surface area contributed by atoms with Crippen molar-refractivity contribution in [3.05, 3.63) is 71.8 Å². The molecular formula is C23H22NaO9P. The van der Waals surface area contributed by atoms with E-state index in [0.717, 1.165) is 0 Å². The number of benzene rings is 3. The molecule has 0 spiro atoms. The Morgan fingerprint density at radius 1 is 0.676 bits per heavy atom. The molecule has 0 saturated heterocycles. The van der Waals surface area contributed by atoms with E-state index in [2.05, 4.69) is 0 Å². The number of carbonyl (C=O) groups is 1. The van der Waals surface area contributed by atoms with Crippen molar-refractivity contribution in [2.45, 2.75) is 0 Å². The van der Waals surface area contributed by atoms with Crippen LogP contribution in [0.4, 0.5) is 0 Å². The van der Waals surface area contributed by atoms with Gasteiger partial charge in [0, 0.05) is 29.8 Å². The zero-order valence-electron chi connectivity index (χ0n) is 19.4. The molecule has 0 radical (unpaired) electrons. The summed E-state index contributed by atoms with van der Waals surface area (Å²) in [7, 11) is 0.889. The summed E-state index contributed by atoms with van der Waals surface area (Å²) in [6, 6.07) is 14.9. The van der Waals surface area contributed by atoms with Crippen molar-refractivity contribution in [3.63, 3.8) is 0 Å². The van der Waals surface area contributed by atoms with Crippen LogP contribution in [0.2, 0.25) is 0 Å². The molecule has 3 rings (SSSR count). The second-order valence-electron chi connectivity index (χ2n) is 6.60. The van der Waals surface area contributed by atoms with E-state index in [9.17, 15) is 14.3 Å². The minimum absolute atomic E-state index is 0. The zero-order chi connectivity index (χ0) is 24.0. The first kappa shape index (κ1) is 27.6. The molecule has 11 heteroatoms. The third-order valence-electron chi connectivity index (χ3n) is 4.53. The van der Waals surface area contributed by atoms with Crippen molar-refractivity contribution >= 4 is 13.6 Å². The van der Waals surface area contributed by atoms with Crippen molar-refractivity contribution in [1.29, 1.82) is 0 Å². The monoisotopic (exact) mass is 496 g/mol. The fourth-order valence-corrected chi connectivity index (χ4v) is 3.70. The Balaban J connectivity index is 0.00000408. The van der Waals surface area contributed by atoms with E-state index >= 15 is 0 Å². The van der Waals surface area contributed by atoms with Gasteiger partial charge in [0.15, 0.2) is 5.78 Å². The Hall–Kier alpha value is -2.68. The number of rotatable bonds is 10. The van der Waals surface area contributed by atoms with Crippen molar-refractivity contribution in [2.24, 2.45) is 0 Å². The summed E-state index contributed by atoms with van der Waals surface area (Å²) in [4.78, 5) is 25.3. The van der Waals surface area contributed by atoms with Crippen LogP contribution >= 0.6 is 7.82 Å². The molecule has 0 amide bonds. The number of ether oxygens (including phenoxy) is 4. The van der Waals surface area contributed by atoms with E-state index < -0.39 is 7.82 Å². The number of hydrogen-bond donors (Lipinski definition) is 0. The number of phosphoric acid groups is 1. The molecule has 0 fully saturated rings. The van der Waals surface area contributed by atoms with Crippen molar-refractivity contribution in [2.75, 3.05) is 28.4 Å². The van der Waals surface area contributed by atoms with Crippen molar-refractivity contribution in [1.82, 2.24) is 0 Å². The van der Waals surface area contributed by atoms with Gasteiger partial charge in [-0.1, -0.05) is 0 Å². The second-order valence-corrected chi connectivity index (χ2v) is 7.86. The summed E-state index contributed by atoms with van der Waals surface area (Å²) in [5, 5.41) is 0. The van der Waals surface area contributed by atoms with E-state index in [1.807, 2.05) is 0 Å². The summed E-state index contributed by atoms with van der Waals surface area (Å²) < 4.78 is 43.1. The van der Waals surface area contributed by atoms with Crippen LogP contribution in [0.1, 0.15) is 15.9 Å². The molecule has 34 heavy (non-hydrogen) atoms. The maximum absolute atomic E-state index is 12.9. The molecule has 0 aliphatic heterocycles. The van der Waals surface area contributed by atoms with Crippen molar-refractivity contribution in [3.8, 4) is 34.5 Å². The summed E-state index contributed by atoms with van der Waals surface area (Å²) >= 11 is 0. The van der Waals surface area contributed by atoms with Crippen LogP contribution in [0.15, 0.2) is 60.7 Å². The first-order valence-electron chi connectivity index (χ1n) is 9.58. The Bertz CT molecular complexity index is 1160. The van der Waals surface area contributed by atoms with Gasteiger partial charge < -0.3 is 32.9 Å². The van der Waals surface area contributed by atoms with Gasteiger partial charge in [0.2, 0.25) is 0 Å². The molecule has 0 heterocycles. The average molecular weight is 496 g/mol. The minimum Gasteiger partial charge on any atom is -0.736 e. The number of ketones is 1. The molecular weight excluding hydrogens is 474 g/mol. The van der Waals surface area contributed by atoms with Crippen LogP contribution in [-0.4, -0.2) is 34.2 Å².